The number of nitrogens with one attached hydrogen (secondary N) is 1. The Kier molecular flexibility index (Phi) is 6.71. The quantitative estimate of drug-likeness (QED) is 0.462. The van der Waals surface area contributed by atoms with E-state index in [1.807, 2.05) is 43.3 Å². The highest BCUT2D eigenvalue weighted by molar-refractivity contribution is 7.11. The molecule has 152 valence electrons. The van der Waals surface area contributed by atoms with E-state index < -0.39 is 0 Å². The molecule has 1 amide bonds. The number of allylic oxidation sites excluding steroid dienone is 3. The average Bonchev–Trinajstić information content (AvgIpc) is 3.32. The van der Waals surface area contributed by atoms with Crippen molar-refractivity contribution in [2.75, 3.05) is 6.54 Å². The number of benzene rings is 1. The minimum Gasteiger partial charge on any atom is -0.370 e. The van der Waals surface area contributed by atoms with Crippen LogP contribution in [0.2, 0.25) is 5.02 Å². The van der Waals surface area contributed by atoms with Crippen molar-refractivity contribution in [1.82, 2.24) is 10.3 Å². The number of hydrogen-bond donors (Lipinski definition) is 3. The number of nitrogens with two attached hydrogens (primary N) is 2. The number of hydrogen-bond acceptors (Lipinski definition) is 4. The highest BCUT2D eigenvalue weighted by Gasteiger charge is 2.23. The molecule has 1 aliphatic rings. The van der Waals surface area contributed by atoms with Crippen LogP contribution in [0, 0.1) is 6.92 Å². The van der Waals surface area contributed by atoms with Crippen LogP contribution in [-0.4, -0.2) is 23.4 Å². The molecule has 29 heavy (non-hydrogen) atoms. The number of nitrogens with zero attached hydrogens (tertiary/aromatic N) is 2. The summed E-state index contributed by atoms with van der Waals surface area (Å²) in [4.78, 5) is 22.8. The summed E-state index contributed by atoms with van der Waals surface area (Å²) in [7, 11) is 0. The lowest BCUT2D eigenvalue weighted by Gasteiger charge is -2.15. The normalized spacial score (nSPS) is 14.2. The number of amides is 1. The first-order valence-electron chi connectivity index (χ1n) is 9.35. The number of rotatable bonds is 7. The van der Waals surface area contributed by atoms with Gasteiger partial charge in [-0.1, -0.05) is 42.8 Å². The number of aromatic nitrogens is 1. The van der Waals surface area contributed by atoms with Crippen LogP contribution in [-0.2, 0) is 11.2 Å². The molecule has 5 N–H and O–H groups in total. The Morgan fingerprint density at radius 3 is 2.66 bits per heavy atom. The van der Waals surface area contributed by atoms with Crippen LogP contribution in [0.15, 0.2) is 47.0 Å². The van der Waals surface area contributed by atoms with Crippen molar-refractivity contribution in [3.63, 3.8) is 0 Å². The third-order valence-corrected chi connectivity index (χ3v) is 6.33. The largest absolute Gasteiger partial charge is 0.370 e. The number of aliphatic imine (C=N–C) groups is 1. The summed E-state index contributed by atoms with van der Waals surface area (Å²) >= 11 is 7.54. The molecule has 8 heteroatoms. The molecular weight excluding hydrogens is 406 g/mol. The maximum atomic E-state index is 12.9. The number of carbonyl (C=O) groups excluding carboxylic acids is 1. The average molecular weight is 430 g/mol. The molecule has 0 spiro atoms. The van der Waals surface area contributed by atoms with Gasteiger partial charge in [-0.05, 0) is 36.6 Å². The summed E-state index contributed by atoms with van der Waals surface area (Å²) in [6.07, 6.45) is 5.26. The third kappa shape index (κ3) is 5.25. The lowest BCUT2D eigenvalue weighted by Crippen LogP contribution is -2.33. The van der Waals surface area contributed by atoms with Gasteiger partial charge in [0.05, 0.1) is 12.2 Å². The predicted octanol–water partition coefficient (Wildman–Crippen LogP) is 3.51. The molecule has 1 aromatic carbocycles. The van der Waals surface area contributed by atoms with Crippen molar-refractivity contribution in [1.29, 1.82) is 0 Å². The van der Waals surface area contributed by atoms with Gasteiger partial charge in [-0.25, -0.2) is 4.98 Å². The molecule has 1 aliphatic carbocycles. The SMILES string of the molecule is CCc1sc(C(CN=C(N)N)NC(=O)C2=CC=C(c3ccc(Cl)cc3)C2)nc1C. The second kappa shape index (κ2) is 9.24. The van der Waals surface area contributed by atoms with Crippen LogP contribution < -0.4 is 16.8 Å². The maximum absolute atomic E-state index is 12.9. The van der Waals surface area contributed by atoms with Gasteiger partial charge in [-0.15, -0.1) is 11.3 Å². The third-order valence-electron chi connectivity index (χ3n) is 4.66. The molecule has 3 rings (SSSR count). The van der Waals surface area contributed by atoms with Gasteiger partial charge in [0.15, 0.2) is 5.96 Å². The fourth-order valence-corrected chi connectivity index (χ4v) is 4.28. The molecule has 0 saturated carbocycles. The highest BCUT2D eigenvalue weighted by atomic mass is 35.5. The zero-order valence-corrected chi connectivity index (χ0v) is 18.0. The zero-order valence-electron chi connectivity index (χ0n) is 16.4. The van der Waals surface area contributed by atoms with Crippen molar-refractivity contribution < 1.29 is 4.79 Å². The van der Waals surface area contributed by atoms with E-state index in [1.54, 1.807) is 11.3 Å². The van der Waals surface area contributed by atoms with E-state index in [-0.39, 0.29) is 24.5 Å². The molecular formula is C21H24ClN5OS. The van der Waals surface area contributed by atoms with Gasteiger partial charge in [0.2, 0.25) is 5.91 Å². The Bertz CT molecular complexity index is 987. The van der Waals surface area contributed by atoms with Gasteiger partial charge >= 0.3 is 0 Å². The zero-order chi connectivity index (χ0) is 21.0. The molecule has 1 heterocycles. The monoisotopic (exact) mass is 429 g/mol. The fraction of sp³-hybridized carbons (Fsp3) is 0.286. The van der Waals surface area contributed by atoms with Crippen molar-refractivity contribution in [3.8, 4) is 0 Å². The first-order chi connectivity index (χ1) is 13.9. The first-order valence-corrected chi connectivity index (χ1v) is 10.5. The van der Waals surface area contributed by atoms with E-state index in [0.29, 0.717) is 17.0 Å². The predicted molar refractivity (Wildman–Crippen MR) is 120 cm³/mol. The molecule has 0 saturated heterocycles. The lowest BCUT2D eigenvalue weighted by molar-refractivity contribution is -0.118. The Hall–Kier alpha value is -2.64. The minimum absolute atomic E-state index is 0.0139. The van der Waals surface area contributed by atoms with E-state index in [1.165, 1.54) is 4.88 Å². The van der Waals surface area contributed by atoms with Crippen LogP contribution >= 0.6 is 22.9 Å². The Labute approximate surface area is 179 Å². The molecule has 2 aromatic rings. The van der Waals surface area contributed by atoms with Gasteiger partial charge in [0.1, 0.15) is 11.0 Å². The molecule has 0 fully saturated rings. The van der Waals surface area contributed by atoms with E-state index in [4.69, 9.17) is 23.1 Å². The van der Waals surface area contributed by atoms with E-state index in [2.05, 4.69) is 22.2 Å². The van der Waals surface area contributed by atoms with Crippen molar-refractivity contribution in [2.45, 2.75) is 32.7 Å². The summed E-state index contributed by atoms with van der Waals surface area (Å²) in [5.41, 5.74) is 14.8. The van der Waals surface area contributed by atoms with Gasteiger partial charge in [-0.3, -0.25) is 9.79 Å². The number of aryl methyl sites for hydroxylation is 2. The second-order valence-electron chi connectivity index (χ2n) is 6.77. The van der Waals surface area contributed by atoms with Crippen molar-refractivity contribution >= 4 is 40.4 Å². The molecule has 1 atom stereocenters. The lowest BCUT2D eigenvalue weighted by atomic mass is 10.0. The van der Waals surface area contributed by atoms with Crippen LogP contribution in [0.3, 0.4) is 0 Å². The molecule has 0 bridgehead atoms. The van der Waals surface area contributed by atoms with Gasteiger partial charge in [0, 0.05) is 21.9 Å². The summed E-state index contributed by atoms with van der Waals surface area (Å²) in [5.74, 6) is -0.160. The van der Waals surface area contributed by atoms with Gasteiger partial charge in [-0.2, -0.15) is 0 Å². The second-order valence-corrected chi connectivity index (χ2v) is 8.32. The molecule has 0 aliphatic heterocycles. The van der Waals surface area contributed by atoms with Crippen molar-refractivity contribution in [3.05, 3.63) is 68.2 Å². The maximum Gasteiger partial charge on any atom is 0.248 e. The van der Waals surface area contributed by atoms with Gasteiger partial charge < -0.3 is 16.8 Å². The topological polar surface area (TPSA) is 106 Å². The van der Waals surface area contributed by atoms with E-state index in [0.717, 1.165) is 28.3 Å². The molecule has 1 unspecified atom stereocenters. The number of guanidine groups is 1. The standard InChI is InChI=1S/C21H24ClN5OS/c1-3-18-12(2)26-20(29-18)17(11-25-21(23)24)27-19(28)15-5-4-14(10-15)13-6-8-16(22)9-7-13/h4-9,17H,3,10-11H2,1-2H3,(H,27,28)(H4,23,24,25). The smallest absolute Gasteiger partial charge is 0.248 e. The first kappa shape index (κ1) is 21.1. The Balaban J connectivity index is 1.71. The van der Waals surface area contributed by atoms with E-state index in [9.17, 15) is 4.79 Å². The molecule has 1 aromatic heterocycles. The summed E-state index contributed by atoms with van der Waals surface area (Å²) in [6, 6.07) is 7.22. The number of thiazole rings is 1. The number of halogens is 1. The summed E-state index contributed by atoms with van der Waals surface area (Å²) in [5, 5.41) is 4.54. The summed E-state index contributed by atoms with van der Waals surface area (Å²) in [6.45, 7) is 4.30. The fourth-order valence-electron chi connectivity index (χ4n) is 3.10. The van der Waals surface area contributed by atoms with Gasteiger partial charge in [0.25, 0.3) is 0 Å². The van der Waals surface area contributed by atoms with Crippen LogP contribution in [0.4, 0.5) is 0 Å². The molecule has 0 radical (unpaired) electrons. The minimum atomic E-state index is -0.380. The Morgan fingerprint density at radius 1 is 1.31 bits per heavy atom. The summed E-state index contributed by atoms with van der Waals surface area (Å²) < 4.78 is 0. The number of carbonyl (C=O) groups is 1. The van der Waals surface area contributed by atoms with Crippen LogP contribution in [0.1, 0.15) is 40.5 Å². The van der Waals surface area contributed by atoms with Crippen LogP contribution in [0.5, 0.6) is 0 Å². The van der Waals surface area contributed by atoms with Crippen molar-refractivity contribution in [2.24, 2.45) is 16.5 Å². The molecule has 6 nitrogen and oxygen atoms in total. The Morgan fingerprint density at radius 2 is 2.03 bits per heavy atom. The highest BCUT2D eigenvalue weighted by Crippen LogP contribution is 2.30. The van der Waals surface area contributed by atoms with E-state index >= 15 is 0 Å². The van der Waals surface area contributed by atoms with Crippen LogP contribution in [0.25, 0.3) is 5.57 Å².